The van der Waals surface area contributed by atoms with Crippen molar-refractivity contribution in [3.63, 3.8) is 0 Å². The fourth-order valence-electron chi connectivity index (χ4n) is 1.92. The molecule has 0 bridgehead atoms. The summed E-state index contributed by atoms with van der Waals surface area (Å²) in [6, 6.07) is 9.71. The molecular weight excluding hydrogens is 336 g/mol. The third-order valence-corrected chi connectivity index (χ3v) is 2.85. The molecule has 0 saturated heterocycles. The number of fused-ring (bicyclic) bond motifs is 2. The molecule has 1 aromatic carbocycles. The molecule has 1 aliphatic heterocycles. The van der Waals surface area contributed by atoms with Crippen molar-refractivity contribution in [2.75, 3.05) is 6.54 Å². The van der Waals surface area contributed by atoms with E-state index in [1.54, 1.807) is 0 Å². The van der Waals surface area contributed by atoms with Crippen LogP contribution in [0.15, 0.2) is 47.3 Å². The molecule has 0 aliphatic carbocycles. The van der Waals surface area contributed by atoms with E-state index in [-0.39, 0.29) is 0 Å². The van der Waals surface area contributed by atoms with Crippen LogP contribution in [-0.4, -0.2) is 21.3 Å². The Morgan fingerprint density at radius 2 is 1.70 bits per heavy atom. The summed E-state index contributed by atoms with van der Waals surface area (Å²) >= 11 is 0. The lowest BCUT2D eigenvalue weighted by Gasteiger charge is -2.13. The van der Waals surface area contributed by atoms with Crippen LogP contribution >= 0.6 is 0 Å². The topological polar surface area (TPSA) is 55.9 Å². The molecule has 2 aromatic heterocycles. The van der Waals surface area contributed by atoms with Gasteiger partial charge in [0.05, 0.1) is 12.2 Å². The highest BCUT2D eigenvalue weighted by Crippen LogP contribution is 2.09. The SMILES string of the molecule is CC(C)(C)C.CC(C)C.c1cc2n(n1)CCNC2.c1ccc2ocnc2c1. The third-order valence-electron chi connectivity index (χ3n) is 2.85. The number of para-hydroxylation sites is 2. The van der Waals surface area contributed by atoms with Crippen molar-refractivity contribution in [2.24, 2.45) is 11.3 Å². The lowest BCUT2D eigenvalue weighted by atomic mass is 10.0. The molecule has 0 unspecified atom stereocenters. The molecule has 5 heteroatoms. The number of aromatic nitrogens is 3. The van der Waals surface area contributed by atoms with Gasteiger partial charge >= 0.3 is 0 Å². The summed E-state index contributed by atoms with van der Waals surface area (Å²) in [5, 5.41) is 7.40. The second-order valence-electron chi connectivity index (χ2n) is 8.77. The molecule has 0 saturated carbocycles. The molecule has 4 rings (SSSR count). The lowest BCUT2D eigenvalue weighted by molar-refractivity contribution is 0.469. The zero-order valence-electron chi connectivity index (χ0n) is 18.0. The second kappa shape index (κ2) is 11.5. The number of hydrogen-bond donors (Lipinski definition) is 1. The minimum atomic E-state index is 0.500. The van der Waals surface area contributed by atoms with E-state index in [9.17, 15) is 0 Å². The van der Waals surface area contributed by atoms with Gasteiger partial charge in [0.15, 0.2) is 12.0 Å². The largest absolute Gasteiger partial charge is 0.443 e. The van der Waals surface area contributed by atoms with Crippen LogP contribution in [0.2, 0.25) is 0 Å². The molecule has 0 spiro atoms. The number of nitrogens with zero attached hydrogens (tertiary/aromatic N) is 3. The highest BCUT2D eigenvalue weighted by atomic mass is 16.3. The van der Waals surface area contributed by atoms with E-state index in [0.717, 1.165) is 36.7 Å². The predicted molar refractivity (Wildman–Crippen MR) is 114 cm³/mol. The summed E-state index contributed by atoms with van der Waals surface area (Å²) in [5.41, 5.74) is 3.55. The standard InChI is InChI=1S/C7H5NO.C6H9N3.C5H12.C4H10/c1-2-4-7-6(3-1)8-5-9-7;1-2-8-9-4-3-7-5-6(1)9;1-5(2,3)4;1-4(2)3/h1-5H;1-2,7H,3-5H2;1-4H3;4H,1-3H3. The van der Waals surface area contributed by atoms with Crippen LogP contribution in [0.3, 0.4) is 0 Å². The highest BCUT2D eigenvalue weighted by Gasteiger charge is 2.05. The number of nitrogens with one attached hydrogen (secondary N) is 1. The number of benzene rings is 1. The van der Waals surface area contributed by atoms with Gasteiger partial charge in [-0.25, -0.2) is 4.98 Å². The molecule has 0 fully saturated rings. The average molecular weight is 373 g/mol. The van der Waals surface area contributed by atoms with Gasteiger partial charge in [0.1, 0.15) is 5.52 Å². The van der Waals surface area contributed by atoms with Gasteiger partial charge in [0.2, 0.25) is 0 Å². The highest BCUT2D eigenvalue weighted by molar-refractivity contribution is 5.71. The van der Waals surface area contributed by atoms with E-state index >= 15 is 0 Å². The second-order valence-corrected chi connectivity index (χ2v) is 8.77. The maximum atomic E-state index is 5.01. The van der Waals surface area contributed by atoms with E-state index in [1.807, 2.05) is 41.2 Å². The Morgan fingerprint density at radius 3 is 2.30 bits per heavy atom. The Hall–Kier alpha value is -2.14. The van der Waals surface area contributed by atoms with Crippen LogP contribution < -0.4 is 5.32 Å². The van der Waals surface area contributed by atoms with Crippen molar-refractivity contribution in [1.29, 1.82) is 0 Å². The minimum absolute atomic E-state index is 0.500. The molecular formula is C22H36N4O. The molecule has 1 N–H and O–H groups in total. The van der Waals surface area contributed by atoms with Gasteiger partial charge in [-0.3, -0.25) is 4.68 Å². The van der Waals surface area contributed by atoms with Crippen molar-refractivity contribution in [2.45, 2.75) is 61.6 Å². The zero-order chi connectivity index (χ0) is 20.3. The van der Waals surface area contributed by atoms with Gasteiger partial charge in [-0.2, -0.15) is 5.10 Å². The first-order valence-electron chi connectivity index (χ1n) is 9.66. The van der Waals surface area contributed by atoms with Crippen molar-refractivity contribution >= 4 is 11.1 Å². The maximum Gasteiger partial charge on any atom is 0.181 e. The number of rotatable bonds is 0. The molecule has 0 radical (unpaired) electrons. The molecule has 3 heterocycles. The molecule has 5 nitrogen and oxygen atoms in total. The van der Waals surface area contributed by atoms with Crippen molar-refractivity contribution < 1.29 is 4.42 Å². The van der Waals surface area contributed by atoms with Crippen molar-refractivity contribution in [1.82, 2.24) is 20.1 Å². The quantitative estimate of drug-likeness (QED) is 0.564. The summed E-state index contributed by atoms with van der Waals surface area (Å²) in [6.07, 6.45) is 3.30. The summed E-state index contributed by atoms with van der Waals surface area (Å²) in [7, 11) is 0. The minimum Gasteiger partial charge on any atom is -0.443 e. The summed E-state index contributed by atoms with van der Waals surface area (Å²) < 4.78 is 7.04. The molecule has 27 heavy (non-hydrogen) atoms. The van der Waals surface area contributed by atoms with Crippen molar-refractivity contribution in [3.05, 3.63) is 48.6 Å². The van der Waals surface area contributed by atoms with Crippen LogP contribution in [0.25, 0.3) is 11.1 Å². The van der Waals surface area contributed by atoms with Gasteiger partial charge in [-0.05, 0) is 29.5 Å². The Labute approximate surface area is 164 Å². The smallest absolute Gasteiger partial charge is 0.181 e. The van der Waals surface area contributed by atoms with E-state index < -0.39 is 0 Å². The number of hydrogen-bond acceptors (Lipinski definition) is 4. The fourth-order valence-corrected chi connectivity index (χ4v) is 1.92. The molecule has 0 amide bonds. The van der Waals surface area contributed by atoms with Gasteiger partial charge in [0, 0.05) is 19.3 Å². The first kappa shape index (κ1) is 22.9. The number of oxazole rings is 1. The van der Waals surface area contributed by atoms with Crippen LogP contribution in [0.4, 0.5) is 0 Å². The predicted octanol–water partition coefficient (Wildman–Crippen LogP) is 5.53. The van der Waals surface area contributed by atoms with Gasteiger partial charge in [0.25, 0.3) is 0 Å². The summed E-state index contributed by atoms with van der Waals surface area (Å²) in [5.74, 6) is 0.833. The van der Waals surface area contributed by atoms with E-state index in [2.05, 4.69) is 63.9 Å². The zero-order valence-corrected chi connectivity index (χ0v) is 18.0. The summed E-state index contributed by atoms with van der Waals surface area (Å²) in [4.78, 5) is 3.95. The van der Waals surface area contributed by atoms with Crippen LogP contribution in [0.5, 0.6) is 0 Å². The van der Waals surface area contributed by atoms with Gasteiger partial charge in [-0.1, -0.05) is 60.6 Å². The molecule has 0 atom stereocenters. The van der Waals surface area contributed by atoms with Crippen LogP contribution in [-0.2, 0) is 13.1 Å². The van der Waals surface area contributed by atoms with E-state index in [4.69, 9.17) is 4.42 Å². The van der Waals surface area contributed by atoms with Gasteiger partial charge in [-0.15, -0.1) is 0 Å². The van der Waals surface area contributed by atoms with Gasteiger partial charge < -0.3 is 9.73 Å². The normalized spacial score (nSPS) is 12.7. The Kier molecular flexibility index (Phi) is 9.79. The third kappa shape index (κ3) is 11.2. The van der Waals surface area contributed by atoms with Crippen LogP contribution in [0.1, 0.15) is 54.2 Å². The lowest BCUT2D eigenvalue weighted by Crippen LogP contribution is -2.28. The van der Waals surface area contributed by atoms with Crippen LogP contribution in [0, 0.1) is 11.3 Å². The maximum absolute atomic E-state index is 5.01. The monoisotopic (exact) mass is 372 g/mol. The molecule has 3 aromatic rings. The Morgan fingerprint density at radius 1 is 1.07 bits per heavy atom. The fraction of sp³-hybridized carbons (Fsp3) is 0.545. The first-order valence-corrected chi connectivity index (χ1v) is 9.66. The van der Waals surface area contributed by atoms with Crippen molar-refractivity contribution in [3.8, 4) is 0 Å². The first-order chi connectivity index (χ1) is 12.7. The Bertz CT molecular complexity index is 693. The molecule has 1 aliphatic rings. The summed E-state index contributed by atoms with van der Waals surface area (Å²) in [6.45, 7) is 18.3. The van der Waals surface area contributed by atoms with E-state index in [0.29, 0.717) is 5.41 Å². The Balaban J connectivity index is 0.000000192. The molecule has 150 valence electrons. The average Bonchev–Trinajstić information content (AvgIpc) is 3.22. The van der Waals surface area contributed by atoms with E-state index in [1.165, 1.54) is 12.1 Å².